The molecule has 0 aromatic heterocycles. The van der Waals surface area contributed by atoms with E-state index in [2.05, 4.69) is 4.90 Å². The fourth-order valence-corrected chi connectivity index (χ4v) is 3.93. The maximum atomic E-state index is 10.9. The molecule has 108 valence electrons. The second-order valence-corrected chi connectivity index (χ2v) is 6.15. The third kappa shape index (κ3) is 2.85. The summed E-state index contributed by atoms with van der Waals surface area (Å²) in [6.45, 7) is 2.01. The van der Waals surface area contributed by atoms with Crippen molar-refractivity contribution in [1.29, 1.82) is 0 Å². The Morgan fingerprint density at radius 1 is 1.20 bits per heavy atom. The summed E-state index contributed by atoms with van der Waals surface area (Å²) in [5.74, 6) is 0.858. The number of hydrogen-bond acceptors (Lipinski definition) is 3. The topological polar surface area (TPSA) is 46.4 Å². The Morgan fingerprint density at radius 2 is 2.00 bits per heavy atom. The highest BCUT2D eigenvalue weighted by atomic mass is 16.6. The molecule has 0 spiro atoms. The van der Waals surface area contributed by atoms with Gasteiger partial charge in [-0.1, -0.05) is 25.0 Å². The van der Waals surface area contributed by atoms with Crippen LogP contribution < -0.4 is 0 Å². The molecular formula is C16H22N2O2. The number of nitro benzene ring substituents is 1. The Kier molecular flexibility index (Phi) is 4.01. The van der Waals surface area contributed by atoms with Crippen molar-refractivity contribution in [2.75, 3.05) is 6.54 Å². The molecule has 20 heavy (non-hydrogen) atoms. The van der Waals surface area contributed by atoms with Crippen LogP contribution in [0.1, 0.15) is 44.1 Å². The smallest absolute Gasteiger partial charge is 0.269 e. The average Bonchev–Trinajstić information content (AvgIpc) is 2.48. The zero-order valence-electron chi connectivity index (χ0n) is 11.8. The molecule has 2 fully saturated rings. The molecule has 1 heterocycles. The highest BCUT2D eigenvalue weighted by molar-refractivity contribution is 5.34. The zero-order valence-corrected chi connectivity index (χ0v) is 11.8. The molecule has 2 atom stereocenters. The summed E-state index contributed by atoms with van der Waals surface area (Å²) in [5.41, 5.74) is 1.28. The van der Waals surface area contributed by atoms with Crippen molar-refractivity contribution in [2.45, 2.75) is 51.1 Å². The van der Waals surface area contributed by atoms with Gasteiger partial charge in [-0.25, -0.2) is 0 Å². The Hall–Kier alpha value is -1.42. The molecule has 1 aromatic rings. The summed E-state index contributed by atoms with van der Waals surface area (Å²) in [6, 6.07) is 7.82. The van der Waals surface area contributed by atoms with Gasteiger partial charge in [0.2, 0.25) is 0 Å². The van der Waals surface area contributed by atoms with Crippen LogP contribution in [-0.4, -0.2) is 22.4 Å². The molecule has 0 amide bonds. The molecule has 1 aliphatic carbocycles. The summed E-state index contributed by atoms with van der Waals surface area (Å²) in [5, 5.41) is 10.9. The van der Waals surface area contributed by atoms with Gasteiger partial charge in [-0.15, -0.1) is 0 Å². The predicted octanol–water partition coefficient (Wildman–Crippen LogP) is 3.75. The van der Waals surface area contributed by atoms with E-state index in [1.54, 1.807) is 18.2 Å². The number of nitro groups is 1. The van der Waals surface area contributed by atoms with E-state index in [0.717, 1.165) is 24.6 Å². The quantitative estimate of drug-likeness (QED) is 0.623. The van der Waals surface area contributed by atoms with Crippen molar-refractivity contribution in [3.05, 3.63) is 39.9 Å². The molecule has 0 radical (unpaired) electrons. The molecule has 1 aliphatic heterocycles. The monoisotopic (exact) mass is 274 g/mol. The van der Waals surface area contributed by atoms with Gasteiger partial charge in [0.05, 0.1) is 4.92 Å². The molecule has 0 bridgehead atoms. The molecule has 1 aromatic carbocycles. The fraction of sp³-hybridized carbons (Fsp3) is 0.625. The number of nitrogens with zero attached hydrogens (tertiary/aromatic N) is 2. The lowest BCUT2D eigenvalue weighted by Crippen LogP contribution is -2.46. The molecule has 1 saturated carbocycles. The molecule has 0 N–H and O–H groups in total. The van der Waals surface area contributed by atoms with Gasteiger partial charge >= 0.3 is 0 Å². The first-order valence-corrected chi connectivity index (χ1v) is 7.71. The van der Waals surface area contributed by atoms with Crippen LogP contribution in [0.3, 0.4) is 0 Å². The van der Waals surface area contributed by atoms with E-state index in [4.69, 9.17) is 0 Å². The summed E-state index contributed by atoms with van der Waals surface area (Å²) >= 11 is 0. The average molecular weight is 274 g/mol. The molecular weight excluding hydrogens is 252 g/mol. The third-order valence-corrected chi connectivity index (χ3v) is 4.87. The molecule has 1 saturated heterocycles. The van der Waals surface area contributed by atoms with E-state index < -0.39 is 0 Å². The van der Waals surface area contributed by atoms with Crippen LogP contribution >= 0.6 is 0 Å². The van der Waals surface area contributed by atoms with Crippen LogP contribution in [0.15, 0.2) is 24.3 Å². The minimum absolute atomic E-state index is 0.208. The maximum absolute atomic E-state index is 10.9. The fourth-order valence-electron chi connectivity index (χ4n) is 3.93. The second kappa shape index (κ2) is 5.92. The number of piperidine rings is 1. The predicted molar refractivity (Wildman–Crippen MR) is 78.5 cm³/mol. The summed E-state index contributed by atoms with van der Waals surface area (Å²) in [4.78, 5) is 13.1. The van der Waals surface area contributed by atoms with Crippen molar-refractivity contribution in [1.82, 2.24) is 4.90 Å². The van der Waals surface area contributed by atoms with Crippen LogP contribution in [0.25, 0.3) is 0 Å². The van der Waals surface area contributed by atoms with Gasteiger partial charge < -0.3 is 0 Å². The van der Waals surface area contributed by atoms with Gasteiger partial charge in [-0.05, 0) is 43.7 Å². The Bertz CT molecular complexity index is 487. The summed E-state index contributed by atoms with van der Waals surface area (Å²) in [7, 11) is 0. The zero-order chi connectivity index (χ0) is 13.9. The first-order chi connectivity index (χ1) is 9.74. The summed E-state index contributed by atoms with van der Waals surface area (Å²) < 4.78 is 0. The van der Waals surface area contributed by atoms with Gasteiger partial charge in [0.1, 0.15) is 0 Å². The van der Waals surface area contributed by atoms with E-state index in [1.807, 2.05) is 6.07 Å². The largest absolute Gasteiger partial charge is 0.296 e. The van der Waals surface area contributed by atoms with Crippen molar-refractivity contribution >= 4 is 5.69 Å². The Labute approximate surface area is 119 Å². The third-order valence-electron chi connectivity index (χ3n) is 4.87. The molecule has 4 heteroatoms. The number of benzene rings is 1. The standard InChI is InChI=1S/C16H22N2O2/c19-18(20)15-8-3-5-13(11-15)12-17-10-4-7-14-6-1-2-9-16(14)17/h3,5,8,11,14,16H,1-2,4,6-7,9-10,12H2. The Balaban J connectivity index is 1.72. The number of non-ortho nitro benzene ring substituents is 1. The molecule has 4 nitrogen and oxygen atoms in total. The lowest BCUT2D eigenvalue weighted by Gasteiger charge is -2.44. The van der Waals surface area contributed by atoms with Crippen molar-refractivity contribution in [3.8, 4) is 0 Å². The maximum Gasteiger partial charge on any atom is 0.269 e. The lowest BCUT2D eigenvalue weighted by molar-refractivity contribution is -0.384. The van der Waals surface area contributed by atoms with Gasteiger partial charge in [0.25, 0.3) is 5.69 Å². The van der Waals surface area contributed by atoms with Gasteiger partial charge in [-0.3, -0.25) is 15.0 Å². The van der Waals surface area contributed by atoms with E-state index >= 15 is 0 Å². The van der Waals surface area contributed by atoms with Crippen LogP contribution in [0.5, 0.6) is 0 Å². The highest BCUT2D eigenvalue weighted by Crippen LogP contribution is 2.36. The van der Waals surface area contributed by atoms with Crippen LogP contribution in [0.2, 0.25) is 0 Å². The molecule has 3 rings (SSSR count). The van der Waals surface area contributed by atoms with Gasteiger partial charge in [-0.2, -0.15) is 0 Å². The van der Waals surface area contributed by atoms with E-state index in [9.17, 15) is 10.1 Å². The second-order valence-electron chi connectivity index (χ2n) is 6.15. The number of hydrogen-bond donors (Lipinski definition) is 0. The Morgan fingerprint density at radius 3 is 2.85 bits per heavy atom. The van der Waals surface area contributed by atoms with Crippen LogP contribution in [-0.2, 0) is 6.54 Å². The van der Waals surface area contributed by atoms with E-state index in [0.29, 0.717) is 6.04 Å². The van der Waals surface area contributed by atoms with Crippen molar-refractivity contribution in [3.63, 3.8) is 0 Å². The normalized spacial score (nSPS) is 27.0. The molecule has 2 unspecified atom stereocenters. The van der Waals surface area contributed by atoms with E-state index in [1.165, 1.54) is 38.5 Å². The first-order valence-electron chi connectivity index (χ1n) is 7.71. The number of rotatable bonds is 3. The number of fused-ring (bicyclic) bond motifs is 1. The minimum Gasteiger partial charge on any atom is -0.296 e. The van der Waals surface area contributed by atoms with Gasteiger partial charge in [0.15, 0.2) is 0 Å². The summed E-state index contributed by atoms with van der Waals surface area (Å²) in [6.07, 6.45) is 8.04. The minimum atomic E-state index is -0.302. The number of likely N-dealkylation sites (tertiary alicyclic amines) is 1. The lowest BCUT2D eigenvalue weighted by atomic mass is 9.78. The SMILES string of the molecule is O=[N+]([O-])c1cccc(CN2CCCC3CCCCC32)c1. The van der Waals surface area contributed by atoms with Gasteiger partial charge in [0, 0.05) is 24.7 Å². The van der Waals surface area contributed by atoms with Crippen molar-refractivity contribution < 1.29 is 4.92 Å². The van der Waals surface area contributed by atoms with Crippen molar-refractivity contribution in [2.24, 2.45) is 5.92 Å². The van der Waals surface area contributed by atoms with Crippen LogP contribution in [0.4, 0.5) is 5.69 Å². The highest BCUT2D eigenvalue weighted by Gasteiger charge is 2.32. The van der Waals surface area contributed by atoms with Crippen LogP contribution in [0, 0.1) is 16.0 Å². The molecule has 2 aliphatic rings. The van der Waals surface area contributed by atoms with E-state index in [-0.39, 0.29) is 10.6 Å². The first kappa shape index (κ1) is 13.6.